The minimum Gasteiger partial charge on any atom is -0.483 e. The number of hydrogen-bond donors (Lipinski definition) is 1. The SMILES string of the molecule is CC(N)C(Oc1ccc(F)cc1Cl)c1ccccc1Br. The number of halogens is 3. The van der Waals surface area contributed by atoms with E-state index in [0.29, 0.717) is 5.75 Å². The maximum Gasteiger partial charge on any atom is 0.140 e. The van der Waals surface area contributed by atoms with E-state index in [2.05, 4.69) is 15.9 Å². The highest BCUT2D eigenvalue weighted by Crippen LogP contribution is 2.33. The zero-order valence-electron chi connectivity index (χ0n) is 10.8. The summed E-state index contributed by atoms with van der Waals surface area (Å²) >= 11 is 9.47. The van der Waals surface area contributed by atoms with E-state index >= 15 is 0 Å². The van der Waals surface area contributed by atoms with Crippen LogP contribution in [0.2, 0.25) is 5.02 Å². The molecule has 0 aromatic heterocycles. The van der Waals surface area contributed by atoms with Crippen LogP contribution in [0.3, 0.4) is 0 Å². The lowest BCUT2D eigenvalue weighted by atomic mass is 10.0. The fraction of sp³-hybridized carbons (Fsp3) is 0.200. The van der Waals surface area contributed by atoms with Crippen molar-refractivity contribution < 1.29 is 9.13 Å². The molecular formula is C15H14BrClFNO. The van der Waals surface area contributed by atoms with E-state index in [9.17, 15) is 4.39 Å². The molecule has 0 aliphatic carbocycles. The quantitative estimate of drug-likeness (QED) is 0.859. The lowest BCUT2D eigenvalue weighted by molar-refractivity contribution is 0.179. The first kappa shape index (κ1) is 15.3. The molecule has 0 heterocycles. The highest BCUT2D eigenvalue weighted by molar-refractivity contribution is 9.10. The molecule has 0 aliphatic rings. The van der Waals surface area contributed by atoms with Crippen molar-refractivity contribution >= 4 is 27.5 Å². The third-order valence-electron chi connectivity index (χ3n) is 2.84. The van der Waals surface area contributed by atoms with E-state index in [1.165, 1.54) is 18.2 Å². The number of benzene rings is 2. The standard InChI is InChI=1S/C15H14BrClFNO/c1-9(19)15(11-4-2-3-5-12(11)16)20-14-7-6-10(18)8-13(14)17/h2-9,15H,19H2,1H3. The van der Waals surface area contributed by atoms with Crippen LogP contribution in [0.1, 0.15) is 18.6 Å². The molecule has 2 N–H and O–H groups in total. The van der Waals surface area contributed by atoms with Gasteiger partial charge in [-0.05, 0) is 31.2 Å². The van der Waals surface area contributed by atoms with Crippen molar-refractivity contribution in [2.24, 2.45) is 5.73 Å². The molecule has 2 nitrogen and oxygen atoms in total. The second-order valence-electron chi connectivity index (χ2n) is 4.49. The van der Waals surface area contributed by atoms with Crippen LogP contribution in [-0.2, 0) is 0 Å². The molecule has 2 aromatic rings. The lowest BCUT2D eigenvalue weighted by Gasteiger charge is -2.24. The summed E-state index contributed by atoms with van der Waals surface area (Å²) in [4.78, 5) is 0. The van der Waals surface area contributed by atoms with Crippen molar-refractivity contribution in [1.82, 2.24) is 0 Å². The molecule has 0 fully saturated rings. The molecule has 2 aromatic carbocycles. The van der Waals surface area contributed by atoms with Crippen LogP contribution in [0.25, 0.3) is 0 Å². The van der Waals surface area contributed by atoms with Gasteiger partial charge in [-0.3, -0.25) is 0 Å². The molecule has 0 radical (unpaired) electrons. The Bertz CT molecular complexity index is 606. The Kier molecular flexibility index (Phi) is 5.02. The summed E-state index contributed by atoms with van der Waals surface area (Å²) in [6.07, 6.45) is -0.381. The van der Waals surface area contributed by atoms with Crippen molar-refractivity contribution in [1.29, 1.82) is 0 Å². The van der Waals surface area contributed by atoms with Gasteiger partial charge in [0, 0.05) is 16.1 Å². The van der Waals surface area contributed by atoms with Gasteiger partial charge in [0.15, 0.2) is 0 Å². The molecule has 0 saturated heterocycles. The molecule has 0 saturated carbocycles. The second-order valence-corrected chi connectivity index (χ2v) is 5.76. The second kappa shape index (κ2) is 6.57. The van der Waals surface area contributed by atoms with Gasteiger partial charge in [-0.2, -0.15) is 0 Å². The molecule has 0 amide bonds. The molecule has 2 unspecified atom stereocenters. The average molecular weight is 359 g/mol. The number of nitrogens with two attached hydrogens (primary N) is 1. The summed E-state index contributed by atoms with van der Waals surface area (Å²) < 4.78 is 19.8. The average Bonchev–Trinajstić information content (AvgIpc) is 2.39. The monoisotopic (exact) mass is 357 g/mol. The highest BCUT2D eigenvalue weighted by atomic mass is 79.9. The van der Waals surface area contributed by atoms with Crippen LogP contribution >= 0.6 is 27.5 Å². The Balaban J connectivity index is 2.33. The van der Waals surface area contributed by atoms with Gasteiger partial charge in [-0.25, -0.2) is 4.39 Å². The van der Waals surface area contributed by atoms with Gasteiger partial charge in [0.1, 0.15) is 17.7 Å². The lowest BCUT2D eigenvalue weighted by Crippen LogP contribution is -2.29. The van der Waals surface area contributed by atoms with Crippen LogP contribution in [0.5, 0.6) is 5.75 Å². The van der Waals surface area contributed by atoms with Crippen LogP contribution in [0.15, 0.2) is 46.9 Å². The third-order valence-corrected chi connectivity index (χ3v) is 3.85. The van der Waals surface area contributed by atoms with Crippen LogP contribution in [0.4, 0.5) is 4.39 Å². The van der Waals surface area contributed by atoms with Crippen LogP contribution in [-0.4, -0.2) is 6.04 Å². The fourth-order valence-electron chi connectivity index (χ4n) is 1.87. The molecule has 5 heteroatoms. The van der Waals surface area contributed by atoms with Gasteiger partial charge < -0.3 is 10.5 Å². The summed E-state index contributed by atoms with van der Waals surface area (Å²) in [6.45, 7) is 1.85. The first-order valence-corrected chi connectivity index (χ1v) is 7.28. The summed E-state index contributed by atoms with van der Waals surface area (Å²) in [6, 6.07) is 11.4. The fourth-order valence-corrected chi connectivity index (χ4v) is 2.59. The Morgan fingerprint density at radius 2 is 1.95 bits per heavy atom. The predicted molar refractivity (Wildman–Crippen MR) is 82.6 cm³/mol. The summed E-state index contributed by atoms with van der Waals surface area (Å²) in [5, 5.41) is 0.225. The zero-order valence-corrected chi connectivity index (χ0v) is 13.2. The summed E-state index contributed by atoms with van der Waals surface area (Å²) in [5.41, 5.74) is 6.92. The highest BCUT2D eigenvalue weighted by Gasteiger charge is 2.21. The molecule has 0 bridgehead atoms. The smallest absolute Gasteiger partial charge is 0.140 e. The Hall–Kier alpha value is -1.10. The maximum absolute atomic E-state index is 13.1. The van der Waals surface area contributed by atoms with Gasteiger partial charge >= 0.3 is 0 Å². The van der Waals surface area contributed by atoms with Crippen LogP contribution < -0.4 is 10.5 Å². The topological polar surface area (TPSA) is 35.2 Å². The number of rotatable bonds is 4. The summed E-state index contributed by atoms with van der Waals surface area (Å²) in [7, 11) is 0. The Morgan fingerprint density at radius 1 is 1.25 bits per heavy atom. The Morgan fingerprint density at radius 3 is 2.55 bits per heavy atom. The molecule has 2 atom stereocenters. The van der Waals surface area contributed by atoms with E-state index < -0.39 is 5.82 Å². The van der Waals surface area contributed by atoms with Crippen molar-refractivity contribution in [2.75, 3.05) is 0 Å². The molecule has 0 aliphatic heterocycles. The van der Waals surface area contributed by atoms with Gasteiger partial charge in [-0.15, -0.1) is 0 Å². The predicted octanol–water partition coefficient (Wildman–Crippen LogP) is 4.71. The van der Waals surface area contributed by atoms with E-state index in [-0.39, 0.29) is 17.2 Å². The van der Waals surface area contributed by atoms with Crippen molar-refractivity contribution in [3.63, 3.8) is 0 Å². The zero-order chi connectivity index (χ0) is 14.7. The molecular weight excluding hydrogens is 345 g/mol. The third kappa shape index (κ3) is 3.51. The molecule has 106 valence electrons. The van der Waals surface area contributed by atoms with Crippen molar-refractivity contribution in [2.45, 2.75) is 19.1 Å². The van der Waals surface area contributed by atoms with Gasteiger partial charge in [0.25, 0.3) is 0 Å². The number of ether oxygens (including phenoxy) is 1. The largest absolute Gasteiger partial charge is 0.483 e. The van der Waals surface area contributed by atoms with E-state index in [0.717, 1.165) is 10.0 Å². The van der Waals surface area contributed by atoms with Crippen LogP contribution in [0, 0.1) is 5.82 Å². The minimum absolute atomic E-state index is 0.225. The normalized spacial score (nSPS) is 13.8. The van der Waals surface area contributed by atoms with E-state index in [1.807, 2.05) is 31.2 Å². The molecule has 0 spiro atoms. The number of hydrogen-bond acceptors (Lipinski definition) is 2. The first-order valence-electron chi connectivity index (χ1n) is 6.10. The van der Waals surface area contributed by atoms with Crippen molar-refractivity contribution in [3.8, 4) is 5.75 Å². The minimum atomic E-state index is -0.402. The molecule has 2 rings (SSSR count). The van der Waals surface area contributed by atoms with Gasteiger partial charge in [-0.1, -0.05) is 45.7 Å². The van der Waals surface area contributed by atoms with E-state index in [4.69, 9.17) is 22.1 Å². The first-order chi connectivity index (χ1) is 9.49. The van der Waals surface area contributed by atoms with Crippen molar-refractivity contribution in [3.05, 3.63) is 63.3 Å². The molecule has 20 heavy (non-hydrogen) atoms. The van der Waals surface area contributed by atoms with E-state index in [1.54, 1.807) is 0 Å². The van der Waals surface area contributed by atoms with Gasteiger partial charge in [0.2, 0.25) is 0 Å². The summed E-state index contributed by atoms with van der Waals surface area (Å²) in [5.74, 6) is 0.00621. The maximum atomic E-state index is 13.1. The van der Waals surface area contributed by atoms with Gasteiger partial charge in [0.05, 0.1) is 5.02 Å². The Labute approximate surface area is 130 Å².